The first kappa shape index (κ1) is 16.4. The maximum Gasteiger partial charge on any atom is 0.246 e. The van der Waals surface area contributed by atoms with Gasteiger partial charge in [-0.1, -0.05) is 6.92 Å². The molecule has 120 valence electrons. The summed E-state index contributed by atoms with van der Waals surface area (Å²) < 4.78 is 34.0. The minimum absolute atomic E-state index is 0.244. The van der Waals surface area contributed by atoms with Gasteiger partial charge in [0.25, 0.3) is 0 Å². The van der Waals surface area contributed by atoms with E-state index in [0.717, 1.165) is 13.1 Å². The van der Waals surface area contributed by atoms with Gasteiger partial charge in [0.15, 0.2) is 0 Å². The molecule has 2 heterocycles. The summed E-state index contributed by atoms with van der Waals surface area (Å²) in [5, 5.41) is 7.32. The fraction of sp³-hybridized carbons (Fsp3) is 0.769. The second kappa shape index (κ2) is 6.43. The number of aromatic nitrogens is 2. The van der Waals surface area contributed by atoms with Crippen LogP contribution in [0.1, 0.15) is 20.8 Å². The second-order valence-corrected chi connectivity index (χ2v) is 7.60. The average Bonchev–Trinajstić information content (AvgIpc) is 2.88. The Hall–Kier alpha value is -0.960. The van der Waals surface area contributed by atoms with Crippen LogP contribution < -0.4 is 5.32 Å². The van der Waals surface area contributed by atoms with Gasteiger partial charge >= 0.3 is 0 Å². The van der Waals surface area contributed by atoms with E-state index in [1.807, 2.05) is 20.8 Å². The maximum atomic E-state index is 12.7. The lowest BCUT2D eigenvalue weighted by Crippen LogP contribution is -2.55. The van der Waals surface area contributed by atoms with E-state index in [2.05, 4.69) is 10.4 Å². The molecule has 0 atom stereocenters. The van der Waals surface area contributed by atoms with Crippen molar-refractivity contribution in [1.82, 2.24) is 19.4 Å². The highest BCUT2D eigenvalue weighted by atomic mass is 32.2. The van der Waals surface area contributed by atoms with Crippen LogP contribution in [0.2, 0.25) is 0 Å². The van der Waals surface area contributed by atoms with Gasteiger partial charge in [-0.25, -0.2) is 8.42 Å². The molecule has 1 N–H and O–H groups in total. The molecule has 2 rings (SSSR count). The molecular formula is C13H24N4O3S. The van der Waals surface area contributed by atoms with E-state index in [4.69, 9.17) is 4.74 Å². The number of morpholine rings is 1. The standard InChI is InChI=1S/C13H24N4O3S/c1-4-14-5-6-16-10-12(9-15-16)21(18,19)17-7-8-20-11-13(17,2)3/h9-10,14H,4-8,11H2,1-3H3. The Morgan fingerprint density at radius 3 is 2.90 bits per heavy atom. The molecule has 0 unspecified atom stereocenters. The molecule has 0 saturated carbocycles. The molecular weight excluding hydrogens is 292 g/mol. The number of hydrogen-bond donors (Lipinski definition) is 1. The molecule has 1 aliphatic rings. The minimum Gasteiger partial charge on any atom is -0.378 e. The van der Waals surface area contributed by atoms with Crippen molar-refractivity contribution in [2.24, 2.45) is 0 Å². The summed E-state index contributed by atoms with van der Waals surface area (Å²) in [7, 11) is -3.53. The predicted octanol–water partition coefficient (Wildman–Crippen LogP) is 0.292. The van der Waals surface area contributed by atoms with Gasteiger partial charge in [0.1, 0.15) is 4.90 Å². The number of nitrogens with one attached hydrogen (secondary N) is 1. The zero-order valence-electron chi connectivity index (χ0n) is 12.9. The third kappa shape index (κ3) is 3.63. The van der Waals surface area contributed by atoms with E-state index in [9.17, 15) is 8.42 Å². The smallest absolute Gasteiger partial charge is 0.246 e. The van der Waals surface area contributed by atoms with Crippen LogP contribution in [0.5, 0.6) is 0 Å². The van der Waals surface area contributed by atoms with Gasteiger partial charge in [0.05, 0.1) is 31.5 Å². The van der Waals surface area contributed by atoms with Gasteiger partial charge in [-0.3, -0.25) is 4.68 Å². The monoisotopic (exact) mass is 316 g/mol. The molecule has 0 bridgehead atoms. The van der Waals surface area contributed by atoms with Crippen molar-refractivity contribution < 1.29 is 13.2 Å². The van der Waals surface area contributed by atoms with Crippen LogP contribution in [0.3, 0.4) is 0 Å². The third-order valence-electron chi connectivity index (χ3n) is 3.53. The van der Waals surface area contributed by atoms with Gasteiger partial charge in [-0.2, -0.15) is 9.40 Å². The van der Waals surface area contributed by atoms with Crippen LogP contribution >= 0.6 is 0 Å². The van der Waals surface area contributed by atoms with Crippen molar-refractivity contribution >= 4 is 10.0 Å². The van der Waals surface area contributed by atoms with Crippen LogP contribution in [0.4, 0.5) is 0 Å². The second-order valence-electron chi connectivity index (χ2n) is 5.73. The molecule has 1 fully saturated rings. The molecule has 8 heteroatoms. The molecule has 0 aromatic carbocycles. The fourth-order valence-corrected chi connectivity index (χ4v) is 4.10. The van der Waals surface area contributed by atoms with Crippen LogP contribution in [-0.2, 0) is 21.3 Å². The number of likely N-dealkylation sites (N-methyl/N-ethyl adjacent to an activating group) is 1. The summed E-state index contributed by atoms with van der Waals surface area (Å²) in [5.41, 5.74) is -0.539. The molecule has 1 aromatic heterocycles. The van der Waals surface area contributed by atoms with Crippen molar-refractivity contribution in [1.29, 1.82) is 0 Å². The Morgan fingerprint density at radius 2 is 2.24 bits per heavy atom. The Kier molecular flexibility index (Phi) is 5.03. The highest BCUT2D eigenvalue weighted by Crippen LogP contribution is 2.27. The highest BCUT2D eigenvalue weighted by molar-refractivity contribution is 7.89. The summed E-state index contributed by atoms with van der Waals surface area (Å²) in [6.45, 7) is 9.28. The minimum atomic E-state index is -3.53. The molecule has 1 aromatic rings. The van der Waals surface area contributed by atoms with Gasteiger partial charge in [0, 0.05) is 19.3 Å². The van der Waals surface area contributed by atoms with Crippen molar-refractivity contribution in [3.8, 4) is 0 Å². The number of rotatable bonds is 6. The summed E-state index contributed by atoms with van der Waals surface area (Å²) in [5.74, 6) is 0. The van der Waals surface area contributed by atoms with Crippen LogP contribution in [0, 0.1) is 0 Å². The van der Waals surface area contributed by atoms with Crippen LogP contribution in [0.25, 0.3) is 0 Å². The largest absolute Gasteiger partial charge is 0.378 e. The molecule has 0 aliphatic carbocycles. The van der Waals surface area contributed by atoms with Gasteiger partial charge in [-0.15, -0.1) is 0 Å². The van der Waals surface area contributed by atoms with Crippen molar-refractivity contribution in [3.05, 3.63) is 12.4 Å². The molecule has 7 nitrogen and oxygen atoms in total. The van der Waals surface area contributed by atoms with E-state index >= 15 is 0 Å². The SMILES string of the molecule is CCNCCn1cc(S(=O)(=O)N2CCOCC2(C)C)cn1. The van der Waals surface area contributed by atoms with Gasteiger partial charge in [0.2, 0.25) is 10.0 Å². The molecule has 1 saturated heterocycles. The summed E-state index contributed by atoms with van der Waals surface area (Å²) in [6.07, 6.45) is 3.02. The number of hydrogen-bond acceptors (Lipinski definition) is 5. The number of sulfonamides is 1. The average molecular weight is 316 g/mol. The third-order valence-corrected chi connectivity index (χ3v) is 5.60. The Bertz CT molecular complexity index is 568. The lowest BCUT2D eigenvalue weighted by Gasteiger charge is -2.40. The van der Waals surface area contributed by atoms with Crippen LogP contribution in [-0.4, -0.2) is 60.9 Å². The zero-order valence-corrected chi connectivity index (χ0v) is 13.7. The lowest BCUT2D eigenvalue weighted by atomic mass is 10.1. The molecule has 0 spiro atoms. The van der Waals surface area contributed by atoms with Crippen molar-refractivity contribution in [2.75, 3.05) is 32.8 Å². The van der Waals surface area contributed by atoms with Crippen molar-refractivity contribution in [2.45, 2.75) is 37.8 Å². The van der Waals surface area contributed by atoms with Crippen LogP contribution in [0.15, 0.2) is 17.3 Å². The summed E-state index contributed by atoms with van der Waals surface area (Å²) in [4.78, 5) is 0.244. The molecule has 1 aliphatic heterocycles. The summed E-state index contributed by atoms with van der Waals surface area (Å²) in [6, 6.07) is 0. The van der Waals surface area contributed by atoms with E-state index in [1.54, 1.807) is 10.9 Å². The Balaban J connectivity index is 2.15. The van der Waals surface area contributed by atoms with E-state index in [1.165, 1.54) is 10.5 Å². The highest BCUT2D eigenvalue weighted by Gasteiger charge is 2.40. The number of nitrogens with zero attached hydrogens (tertiary/aromatic N) is 3. The van der Waals surface area contributed by atoms with E-state index < -0.39 is 15.6 Å². The van der Waals surface area contributed by atoms with Gasteiger partial charge < -0.3 is 10.1 Å². The predicted molar refractivity (Wildman–Crippen MR) is 79.6 cm³/mol. The topological polar surface area (TPSA) is 76.5 Å². The summed E-state index contributed by atoms with van der Waals surface area (Å²) >= 11 is 0. The van der Waals surface area contributed by atoms with E-state index in [-0.39, 0.29) is 4.90 Å². The van der Waals surface area contributed by atoms with E-state index in [0.29, 0.717) is 26.3 Å². The van der Waals surface area contributed by atoms with Gasteiger partial charge in [-0.05, 0) is 20.4 Å². The molecule has 21 heavy (non-hydrogen) atoms. The Morgan fingerprint density at radius 1 is 1.48 bits per heavy atom. The fourth-order valence-electron chi connectivity index (χ4n) is 2.39. The lowest BCUT2D eigenvalue weighted by molar-refractivity contribution is -0.00771. The first-order chi connectivity index (χ1) is 9.88. The molecule has 0 radical (unpaired) electrons. The molecule has 0 amide bonds. The quantitative estimate of drug-likeness (QED) is 0.764. The zero-order chi connectivity index (χ0) is 15.5. The number of ether oxygens (including phenoxy) is 1. The maximum absolute atomic E-state index is 12.7. The Labute approximate surface area is 126 Å². The first-order valence-corrected chi connectivity index (χ1v) is 8.66. The first-order valence-electron chi connectivity index (χ1n) is 7.21. The normalized spacial score (nSPS) is 19.8. The van der Waals surface area contributed by atoms with Crippen molar-refractivity contribution in [3.63, 3.8) is 0 Å².